The molecule has 3 aliphatic rings. The fourth-order valence-corrected chi connectivity index (χ4v) is 5.44. The number of fused-ring (bicyclic) bond motifs is 3. The zero-order chi connectivity index (χ0) is 18.3. The highest BCUT2D eigenvalue weighted by molar-refractivity contribution is 7.05. The summed E-state index contributed by atoms with van der Waals surface area (Å²) in [5.74, 6) is 1.66. The van der Waals surface area contributed by atoms with Gasteiger partial charge in [0.1, 0.15) is 5.01 Å². The summed E-state index contributed by atoms with van der Waals surface area (Å²) in [7, 11) is 0. The number of benzene rings is 2. The Morgan fingerprint density at radius 2 is 1.52 bits per heavy atom. The van der Waals surface area contributed by atoms with E-state index >= 15 is 0 Å². The van der Waals surface area contributed by atoms with Crippen molar-refractivity contribution in [3.8, 4) is 0 Å². The summed E-state index contributed by atoms with van der Waals surface area (Å²) in [5, 5.41) is 12.9. The van der Waals surface area contributed by atoms with Crippen LogP contribution in [-0.4, -0.2) is 39.0 Å². The Bertz CT molecular complexity index is 864. The van der Waals surface area contributed by atoms with Gasteiger partial charge in [-0.25, -0.2) is 4.98 Å². The minimum absolute atomic E-state index is 0.453. The van der Waals surface area contributed by atoms with E-state index in [1.54, 1.807) is 0 Å². The van der Waals surface area contributed by atoms with E-state index in [1.165, 1.54) is 37.5 Å². The smallest absolute Gasteiger partial charge is 0.183 e. The average molecular weight is 378 g/mol. The lowest BCUT2D eigenvalue weighted by Gasteiger charge is -2.43. The summed E-state index contributed by atoms with van der Waals surface area (Å²) >= 11 is 1.46. The zero-order valence-electron chi connectivity index (χ0n) is 15.2. The maximum Gasteiger partial charge on any atom is 0.183 e. The average Bonchev–Trinajstić information content (AvgIpc) is 3.26. The van der Waals surface area contributed by atoms with Gasteiger partial charge in [0.15, 0.2) is 11.4 Å². The minimum atomic E-state index is -1.33. The van der Waals surface area contributed by atoms with Crippen LogP contribution in [0.5, 0.6) is 0 Å². The lowest BCUT2D eigenvalue weighted by atomic mass is 9.79. The SMILES string of the molecule is OC(c1ccccc1)(c1ccccc1)c1nsc(C2CN3CCC2CC3)n1. The molecule has 138 valence electrons. The molecule has 1 N–H and O–H groups in total. The van der Waals surface area contributed by atoms with Gasteiger partial charge < -0.3 is 10.0 Å². The lowest BCUT2D eigenvalue weighted by molar-refractivity contribution is 0.0859. The van der Waals surface area contributed by atoms with E-state index < -0.39 is 5.60 Å². The first kappa shape index (κ1) is 17.0. The van der Waals surface area contributed by atoms with E-state index in [1.807, 2.05) is 60.7 Å². The highest BCUT2D eigenvalue weighted by Crippen LogP contribution is 2.41. The maximum atomic E-state index is 11.8. The molecule has 0 amide bonds. The quantitative estimate of drug-likeness (QED) is 0.754. The first-order valence-electron chi connectivity index (χ1n) is 9.65. The second kappa shape index (κ2) is 6.82. The Labute approximate surface area is 163 Å². The third kappa shape index (κ3) is 2.90. The molecule has 0 radical (unpaired) electrons. The molecule has 1 aromatic heterocycles. The molecule has 0 aliphatic carbocycles. The Kier molecular flexibility index (Phi) is 4.31. The van der Waals surface area contributed by atoms with Crippen LogP contribution in [0.4, 0.5) is 0 Å². The van der Waals surface area contributed by atoms with Gasteiger partial charge in [0, 0.05) is 12.5 Å². The summed E-state index contributed by atoms with van der Waals surface area (Å²) in [6.07, 6.45) is 2.50. The molecule has 1 atom stereocenters. The predicted molar refractivity (Wildman–Crippen MR) is 107 cm³/mol. The van der Waals surface area contributed by atoms with Gasteiger partial charge in [-0.05, 0) is 54.5 Å². The fourth-order valence-electron chi connectivity index (χ4n) is 4.56. The van der Waals surface area contributed by atoms with Crippen LogP contribution in [0.1, 0.15) is 40.7 Å². The molecule has 3 saturated heterocycles. The van der Waals surface area contributed by atoms with Gasteiger partial charge in [-0.15, -0.1) is 0 Å². The van der Waals surface area contributed by atoms with Gasteiger partial charge in [0.05, 0.1) is 0 Å². The van der Waals surface area contributed by atoms with Crippen LogP contribution in [0.2, 0.25) is 0 Å². The number of rotatable bonds is 4. The van der Waals surface area contributed by atoms with Crippen molar-refractivity contribution in [3.63, 3.8) is 0 Å². The monoisotopic (exact) mass is 377 g/mol. The summed E-state index contributed by atoms with van der Waals surface area (Å²) < 4.78 is 4.66. The fraction of sp³-hybridized carbons (Fsp3) is 0.364. The Morgan fingerprint density at radius 3 is 2.04 bits per heavy atom. The first-order chi connectivity index (χ1) is 13.2. The Morgan fingerprint density at radius 1 is 0.926 bits per heavy atom. The topological polar surface area (TPSA) is 49.3 Å². The molecule has 3 fully saturated rings. The van der Waals surface area contributed by atoms with E-state index in [-0.39, 0.29) is 0 Å². The maximum absolute atomic E-state index is 11.8. The largest absolute Gasteiger partial charge is 0.373 e. The van der Waals surface area contributed by atoms with Crippen molar-refractivity contribution in [1.82, 2.24) is 14.3 Å². The molecule has 2 bridgehead atoms. The van der Waals surface area contributed by atoms with Crippen molar-refractivity contribution in [1.29, 1.82) is 0 Å². The van der Waals surface area contributed by atoms with Crippen molar-refractivity contribution >= 4 is 11.5 Å². The molecule has 27 heavy (non-hydrogen) atoms. The summed E-state index contributed by atoms with van der Waals surface area (Å²) in [5.41, 5.74) is 0.273. The van der Waals surface area contributed by atoms with Crippen LogP contribution in [0.15, 0.2) is 60.7 Å². The number of piperidine rings is 3. The van der Waals surface area contributed by atoms with Crippen molar-refractivity contribution in [3.05, 3.63) is 82.6 Å². The van der Waals surface area contributed by atoms with Crippen molar-refractivity contribution in [2.75, 3.05) is 19.6 Å². The third-order valence-corrected chi connectivity index (χ3v) is 6.97. The highest BCUT2D eigenvalue weighted by Gasteiger charge is 2.41. The Hall–Kier alpha value is -2.08. The van der Waals surface area contributed by atoms with Crippen molar-refractivity contribution in [2.24, 2.45) is 5.92 Å². The van der Waals surface area contributed by atoms with Crippen LogP contribution in [0, 0.1) is 5.92 Å². The van der Waals surface area contributed by atoms with E-state index in [2.05, 4.69) is 9.27 Å². The molecule has 4 heterocycles. The van der Waals surface area contributed by atoms with Gasteiger partial charge in [-0.2, -0.15) is 4.37 Å². The number of hydrogen-bond donors (Lipinski definition) is 1. The number of hydrogen-bond acceptors (Lipinski definition) is 5. The van der Waals surface area contributed by atoms with E-state index in [0.717, 1.165) is 22.7 Å². The molecule has 0 saturated carbocycles. The van der Waals surface area contributed by atoms with Gasteiger partial charge in [-0.1, -0.05) is 60.7 Å². The van der Waals surface area contributed by atoms with Gasteiger partial charge in [-0.3, -0.25) is 0 Å². The first-order valence-corrected chi connectivity index (χ1v) is 10.4. The standard InChI is InChI=1S/C22H23N3OS/c26-22(17-7-3-1-4-8-17,18-9-5-2-6-10-18)21-23-20(27-24-21)19-15-25-13-11-16(19)12-14-25/h1-10,16,19,26H,11-15H2. The minimum Gasteiger partial charge on any atom is -0.373 e. The van der Waals surface area contributed by atoms with Gasteiger partial charge in [0.2, 0.25) is 0 Å². The van der Waals surface area contributed by atoms with Gasteiger partial charge in [0.25, 0.3) is 0 Å². The summed E-state index contributed by atoms with van der Waals surface area (Å²) in [4.78, 5) is 7.44. The molecule has 3 aromatic rings. The third-order valence-electron chi connectivity index (χ3n) is 6.12. The molecular formula is C22H23N3OS. The molecule has 1 unspecified atom stereocenters. The van der Waals surface area contributed by atoms with Crippen LogP contribution in [0.25, 0.3) is 0 Å². The highest BCUT2D eigenvalue weighted by atomic mass is 32.1. The van der Waals surface area contributed by atoms with E-state index in [9.17, 15) is 5.11 Å². The van der Waals surface area contributed by atoms with Crippen LogP contribution < -0.4 is 0 Å². The second-order valence-electron chi connectivity index (χ2n) is 7.64. The Balaban J connectivity index is 1.57. The second-order valence-corrected chi connectivity index (χ2v) is 8.43. The molecule has 3 aliphatic heterocycles. The van der Waals surface area contributed by atoms with Gasteiger partial charge >= 0.3 is 0 Å². The molecule has 2 aromatic carbocycles. The zero-order valence-corrected chi connectivity index (χ0v) is 16.0. The number of aliphatic hydroxyl groups is 1. The molecule has 5 heteroatoms. The molecule has 4 nitrogen and oxygen atoms in total. The molecule has 6 rings (SSSR count). The number of nitrogens with zero attached hydrogens (tertiary/aromatic N) is 3. The van der Waals surface area contributed by atoms with Crippen LogP contribution >= 0.6 is 11.5 Å². The van der Waals surface area contributed by atoms with E-state index in [4.69, 9.17) is 4.98 Å². The lowest BCUT2D eigenvalue weighted by Crippen LogP contribution is -2.46. The number of aromatic nitrogens is 2. The molecular weight excluding hydrogens is 354 g/mol. The normalized spacial score (nSPS) is 24.9. The van der Waals surface area contributed by atoms with Crippen molar-refractivity contribution < 1.29 is 5.11 Å². The summed E-state index contributed by atoms with van der Waals surface area (Å²) in [6, 6.07) is 19.5. The summed E-state index contributed by atoms with van der Waals surface area (Å²) in [6.45, 7) is 3.50. The van der Waals surface area contributed by atoms with Crippen molar-refractivity contribution in [2.45, 2.75) is 24.4 Å². The van der Waals surface area contributed by atoms with Crippen LogP contribution in [0.3, 0.4) is 0 Å². The van der Waals surface area contributed by atoms with Crippen LogP contribution in [-0.2, 0) is 5.60 Å². The predicted octanol–water partition coefficient (Wildman–Crippen LogP) is 3.63. The molecule has 0 spiro atoms. The van der Waals surface area contributed by atoms with E-state index in [0.29, 0.717) is 17.7 Å².